The maximum Gasteiger partial charge on any atom is 0.223 e. The number of pyridine rings is 1. The number of aromatic nitrogens is 1. The normalized spacial score (nSPS) is 20.5. The van der Waals surface area contributed by atoms with Crippen LogP contribution in [0.4, 0.5) is 0 Å². The van der Waals surface area contributed by atoms with Crippen LogP contribution >= 0.6 is 0 Å². The quantitative estimate of drug-likeness (QED) is 0.837. The number of hydrogen-bond donors (Lipinski definition) is 1. The van der Waals surface area contributed by atoms with Crippen molar-refractivity contribution in [2.45, 2.75) is 18.9 Å². The minimum Gasteiger partial charge on any atom is -0.336 e. The Balaban J connectivity index is 1.88. The zero-order valence-electron chi connectivity index (χ0n) is 11.5. The molecular weight excluding hydrogens is 240 g/mol. The lowest BCUT2D eigenvalue weighted by molar-refractivity contribution is -0.135. The molecule has 1 atom stereocenters. The Morgan fingerprint density at radius 2 is 2.32 bits per heavy atom. The van der Waals surface area contributed by atoms with Crippen molar-refractivity contribution in [1.29, 1.82) is 0 Å². The van der Waals surface area contributed by atoms with Gasteiger partial charge in [-0.25, -0.2) is 0 Å². The Hall–Kier alpha value is -1.46. The van der Waals surface area contributed by atoms with Crippen LogP contribution in [0.2, 0.25) is 0 Å². The molecule has 1 aromatic heterocycles. The van der Waals surface area contributed by atoms with Crippen LogP contribution in [0.15, 0.2) is 24.4 Å². The number of piperazine rings is 1. The fourth-order valence-electron chi connectivity index (χ4n) is 2.47. The Morgan fingerprint density at radius 3 is 3.00 bits per heavy atom. The van der Waals surface area contributed by atoms with Gasteiger partial charge in [-0.3, -0.25) is 9.78 Å². The maximum absolute atomic E-state index is 12.3. The molecule has 0 aromatic carbocycles. The Bertz CT molecular complexity index is 409. The van der Waals surface area contributed by atoms with Gasteiger partial charge in [0, 0.05) is 44.5 Å². The van der Waals surface area contributed by atoms with Crippen molar-refractivity contribution < 1.29 is 4.79 Å². The second-order valence-corrected chi connectivity index (χ2v) is 5.06. The molecule has 1 fully saturated rings. The minimum absolute atomic E-state index is 0.148. The lowest BCUT2D eigenvalue weighted by Crippen LogP contribution is -2.56. The van der Waals surface area contributed by atoms with E-state index in [0.29, 0.717) is 19.4 Å². The molecule has 104 valence electrons. The largest absolute Gasteiger partial charge is 0.336 e. The van der Waals surface area contributed by atoms with Gasteiger partial charge in [-0.05, 0) is 25.6 Å². The number of nitrogens with zero attached hydrogens (tertiary/aromatic N) is 3. The number of amides is 1. The zero-order chi connectivity index (χ0) is 13.7. The lowest BCUT2D eigenvalue weighted by Gasteiger charge is -2.39. The number of likely N-dealkylation sites (N-methyl/N-ethyl adjacent to an activating group) is 1. The fraction of sp³-hybridized carbons (Fsp3) is 0.571. The molecule has 1 amide bonds. The molecule has 2 N–H and O–H groups in total. The summed E-state index contributed by atoms with van der Waals surface area (Å²) in [6.45, 7) is 3.09. The van der Waals surface area contributed by atoms with E-state index in [4.69, 9.17) is 5.73 Å². The number of carbonyl (C=O) groups excluding carboxylic acids is 1. The first-order chi connectivity index (χ1) is 9.20. The maximum atomic E-state index is 12.3. The number of rotatable bonds is 4. The monoisotopic (exact) mass is 262 g/mol. The van der Waals surface area contributed by atoms with Crippen molar-refractivity contribution in [2.24, 2.45) is 5.73 Å². The highest BCUT2D eigenvalue weighted by Gasteiger charge is 2.27. The van der Waals surface area contributed by atoms with E-state index < -0.39 is 0 Å². The third-order valence-corrected chi connectivity index (χ3v) is 3.60. The zero-order valence-corrected chi connectivity index (χ0v) is 11.5. The second kappa shape index (κ2) is 6.63. The van der Waals surface area contributed by atoms with Crippen LogP contribution < -0.4 is 5.73 Å². The predicted molar refractivity (Wildman–Crippen MR) is 74.6 cm³/mol. The first-order valence-electron chi connectivity index (χ1n) is 6.78. The molecule has 1 aliphatic heterocycles. The predicted octanol–water partition coefficient (Wildman–Crippen LogP) is 0.116. The van der Waals surface area contributed by atoms with Gasteiger partial charge >= 0.3 is 0 Å². The first-order valence-corrected chi connectivity index (χ1v) is 6.78. The van der Waals surface area contributed by atoms with Gasteiger partial charge in [-0.2, -0.15) is 0 Å². The summed E-state index contributed by atoms with van der Waals surface area (Å²) in [7, 11) is 2.07. The average Bonchev–Trinajstić information content (AvgIpc) is 2.45. The van der Waals surface area contributed by atoms with Crippen LogP contribution in [0.1, 0.15) is 12.1 Å². The molecule has 19 heavy (non-hydrogen) atoms. The van der Waals surface area contributed by atoms with E-state index in [9.17, 15) is 4.79 Å². The van der Waals surface area contributed by atoms with Gasteiger partial charge in [-0.15, -0.1) is 0 Å². The van der Waals surface area contributed by atoms with E-state index in [2.05, 4.69) is 16.9 Å². The first kappa shape index (κ1) is 14.0. The fourth-order valence-corrected chi connectivity index (χ4v) is 2.47. The van der Waals surface area contributed by atoms with Gasteiger partial charge in [0.15, 0.2) is 0 Å². The summed E-state index contributed by atoms with van der Waals surface area (Å²) in [5.41, 5.74) is 6.73. The smallest absolute Gasteiger partial charge is 0.223 e. The van der Waals surface area contributed by atoms with Crippen molar-refractivity contribution in [3.05, 3.63) is 30.1 Å². The molecule has 2 heterocycles. The van der Waals surface area contributed by atoms with Crippen LogP contribution in [0, 0.1) is 0 Å². The van der Waals surface area contributed by atoms with Gasteiger partial charge in [-0.1, -0.05) is 6.07 Å². The summed E-state index contributed by atoms with van der Waals surface area (Å²) in [5.74, 6) is 0.189. The second-order valence-electron chi connectivity index (χ2n) is 5.06. The molecule has 0 aliphatic carbocycles. The van der Waals surface area contributed by atoms with Gasteiger partial charge in [0.2, 0.25) is 5.91 Å². The summed E-state index contributed by atoms with van der Waals surface area (Å²) in [6.07, 6.45) is 2.97. The van der Waals surface area contributed by atoms with Crippen molar-refractivity contribution in [1.82, 2.24) is 14.8 Å². The molecule has 1 saturated heterocycles. The van der Waals surface area contributed by atoms with E-state index in [1.165, 1.54) is 0 Å². The van der Waals surface area contributed by atoms with Crippen LogP contribution in [-0.4, -0.2) is 60.0 Å². The van der Waals surface area contributed by atoms with Gasteiger partial charge in [0.05, 0.1) is 6.04 Å². The van der Waals surface area contributed by atoms with E-state index in [0.717, 1.165) is 25.3 Å². The SMILES string of the molecule is CN1CCN(C(=O)CCc2ccccn2)C(CN)C1. The van der Waals surface area contributed by atoms with Crippen molar-refractivity contribution >= 4 is 5.91 Å². The number of carbonyl (C=O) groups is 1. The third kappa shape index (κ3) is 3.75. The van der Waals surface area contributed by atoms with Crippen LogP contribution in [0.25, 0.3) is 0 Å². The molecule has 1 aliphatic rings. The third-order valence-electron chi connectivity index (χ3n) is 3.60. The molecule has 2 rings (SSSR count). The Labute approximate surface area is 114 Å². The Morgan fingerprint density at radius 1 is 1.47 bits per heavy atom. The molecule has 1 aromatic rings. The summed E-state index contributed by atoms with van der Waals surface area (Å²) >= 11 is 0. The van der Waals surface area contributed by atoms with Crippen LogP contribution in [0.5, 0.6) is 0 Å². The highest BCUT2D eigenvalue weighted by Crippen LogP contribution is 2.10. The molecule has 0 saturated carbocycles. The molecule has 0 bridgehead atoms. The summed E-state index contributed by atoms with van der Waals surface area (Å²) in [6, 6.07) is 5.94. The standard InChI is InChI=1S/C14H22N4O/c1-17-8-9-18(13(10-15)11-17)14(19)6-5-12-4-2-3-7-16-12/h2-4,7,13H,5-6,8-11,15H2,1H3. The van der Waals surface area contributed by atoms with Crippen molar-refractivity contribution in [3.8, 4) is 0 Å². The summed E-state index contributed by atoms with van der Waals surface area (Å²) in [5, 5.41) is 0. The highest BCUT2D eigenvalue weighted by atomic mass is 16.2. The molecule has 1 unspecified atom stereocenters. The lowest BCUT2D eigenvalue weighted by atomic mass is 10.1. The number of aryl methyl sites for hydroxylation is 1. The van der Waals surface area contributed by atoms with Gasteiger partial charge in [0.25, 0.3) is 0 Å². The highest BCUT2D eigenvalue weighted by molar-refractivity contribution is 5.77. The van der Waals surface area contributed by atoms with Gasteiger partial charge in [0.1, 0.15) is 0 Å². The van der Waals surface area contributed by atoms with Crippen LogP contribution in [0.3, 0.4) is 0 Å². The van der Waals surface area contributed by atoms with E-state index >= 15 is 0 Å². The van der Waals surface area contributed by atoms with E-state index in [-0.39, 0.29) is 11.9 Å². The van der Waals surface area contributed by atoms with E-state index in [1.54, 1.807) is 6.20 Å². The topological polar surface area (TPSA) is 62.5 Å². The average molecular weight is 262 g/mol. The van der Waals surface area contributed by atoms with Gasteiger partial charge < -0.3 is 15.5 Å². The van der Waals surface area contributed by atoms with Crippen molar-refractivity contribution in [3.63, 3.8) is 0 Å². The van der Waals surface area contributed by atoms with Crippen molar-refractivity contribution in [2.75, 3.05) is 33.2 Å². The molecule has 0 radical (unpaired) electrons. The van der Waals surface area contributed by atoms with E-state index in [1.807, 2.05) is 23.1 Å². The minimum atomic E-state index is 0.148. The van der Waals surface area contributed by atoms with Crippen LogP contribution in [-0.2, 0) is 11.2 Å². The summed E-state index contributed by atoms with van der Waals surface area (Å²) in [4.78, 5) is 20.7. The summed E-state index contributed by atoms with van der Waals surface area (Å²) < 4.78 is 0. The Kier molecular flexibility index (Phi) is 4.87. The molecular formula is C14H22N4O. The number of hydrogen-bond acceptors (Lipinski definition) is 4. The molecule has 0 spiro atoms. The number of nitrogens with two attached hydrogens (primary N) is 1. The molecule has 5 heteroatoms. The molecule has 5 nitrogen and oxygen atoms in total.